The van der Waals surface area contributed by atoms with E-state index >= 15 is 0 Å². The van der Waals surface area contributed by atoms with E-state index in [0.29, 0.717) is 42.1 Å². The summed E-state index contributed by atoms with van der Waals surface area (Å²) in [5, 5.41) is 7.83. The first-order valence-corrected chi connectivity index (χ1v) is 9.15. The summed E-state index contributed by atoms with van der Waals surface area (Å²) in [6, 6.07) is 10.5. The van der Waals surface area contributed by atoms with Gasteiger partial charge in [-0.2, -0.15) is 0 Å². The highest BCUT2D eigenvalue weighted by atomic mass is 16.2. The molecule has 0 bridgehead atoms. The topological polar surface area (TPSA) is 122 Å². The van der Waals surface area contributed by atoms with Gasteiger partial charge in [0.2, 0.25) is 5.91 Å². The summed E-state index contributed by atoms with van der Waals surface area (Å²) in [5.74, 6) is 0.196. The van der Waals surface area contributed by atoms with E-state index in [4.69, 9.17) is 5.73 Å². The molecule has 0 spiro atoms. The van der Waals surface area contributed by atoms with Gasteiger partial charge in [-0.25, -0.2) is 4.98 Å². The molecule has 2 amide bonds. The number of aromatic amines is 1. The number of benzene rings is 1. The van der Waals surface area contributed by atoms with Crippen molar-refractivity contribution in [1.82, 2.24) is 29.5 Å². The Hall–Kier alpha value is -4.01. The number of nitrogens with zero attached hydrogens (tertiary/aromatic N) is 5. The molecule has 0 unspecified atom stereocenters. The maximum atomic E-state index is 12.9. The van der Waals surface area contributed by atoms with Gasteiger partial charge in [-0.3, -0.25) is 14.0 Å². The Labute approximate surface area is 165 Å². The zero-order valence-electron chi connectivity index (χ0n) is 15.4. The lowest BCUT2D eigenvalue weighted by Crippen LogP contribution is -2.36. The van der Waals surface area contributed by atoms with Crippen LogP contribution in [0.1, 0.15) is 32.1 Å². The van der Waals surface area contributed by atoms with Crippen LogP contribution < -0.4 is 5.73 Å². The lowest BCUT2D eigenvalue weighted by Gasteiger charge is -2.26. The molecule has 4 aromatic rings. The number of carbonyl (C=O) groups excluding carboxylic acids is 2. The maximum absolute atomic E-state index is 12.9. The van der Waals surface area contributed by atoms with Gasteiger partial charge in [-0.05, 0) is 24.3 Å². The van der Waals surface area contributed by atoms with E-state index in [9.17, 15) is 9.59 Å². The van der Waals surface area contributed by atoms with Crippen molar-refractivity contribution in [3.8, 4) is 11.4 Å². The number of H-pyrrole nitrogens is 1. The Kier molecular flexibility index (Phi) is 3.87. The van der Waals surface area contributed by atoms with Crippen molar-refractivity contribution in [2.75, 3.05) is 6.54 Å². The third kappa shape index (κ3) is 3.02. The van der Waals surface area contributed by atoms with Crippen LogP contribution in [0.2, 0.25) is 0 Å². The predicted octanol–water partition coefficient (Wildman–Crippen LogP) is 1.42. The van der Waals surface area contributed by atoms with Gasteiger partial charge < -0.3 is 15.6 Å². The minimum atomic E-state index is -0.464. The van der Waals surface area contributed by atoms with Gasteiger partial charge in [0, 0.05) is 35.9 Å². The smallest absolute Gasteiger partial charge is 0.254 e. The predicted molar refractivity (Wildman–Crippen MR) is 104 cm³/mol. The molecule has 1 aromatic carbocycles. The van der Waals surface area contributed by atoms with Crippen LogP contribution in [0.4, 0.5) is 0 Å². The van der Waals surface area contributed by atoms with Crippen LogP contribution in [-0.4, -0.2) is 47.8 Å². The van der Waals surface area contributed by atoms with Crippen LogP contribution >= 0.6 is 0 Å². The highest BCUT2D eigenvalue weighted by Crippen LogP contribution is 2.24. The Balaban J connectivity index is 1.38. The van der Waals surface area contributed by atoms with Crippen LogP contribution in [0.5, 0.6) is 0 Å². The monoisotopic (exact) mass is 387 g/mol. The quantitative estimate of drug-likeness (QED) is 0.550. The highest BCUT2D eigenvalue weighted by molar-refractivity contribution is 5.95. The molecular formula is C20H17N7O2. The fraction of sp³-hybridized carbons (Fsp3) is 0.150. The second-order valence-corrected chi connectivity index (χ2v) is 6.94. The van der Waals surface area contributed by atoms with Gasteiger partial charge in [-0.1, -0.05) is 12.1 Å². The summed E-state index contributed by atoms with van der Waals surface area (Å²) in [5.41, 5.74) is 9.69. The van der Waals surface area contributed by atoms with Crippen LogP contribution in [-0.2, 0) is 13.0 Å². The first-order valence-electron chi connectivity index (χ1n) is 9.15. The Morgan fingerprint density at radius 3 is 2.72 bits per heavy atom. The summed E-state index contributed by atoms with van der Waals surface area (Å²) in [4.78, 5) is 33.9. The SMILES string of the molecule is NC(=O)c1ccc(-c2nc3c([nH]2)CN(C(=O)c2ccn4cnnc4c2)CC3)cc1. The molecule has 0 radical (unpaired) electrons. The van der Waals surface area contributed by atoms with Crippen molar-refractivity contribution in [2.24, 2.45) is 5.73 Å². The van der Waals surface area contributed by atoms with Crippen LogP contribution in [0.25, 0.3) is 17.0 Å². The first-order chi connectivity index (χ1) is 14.1. The molecule has 0 aliphatic carbocycles. The maximum Gasteiger partial charge on any atom is 0.254 e. The molecule has 5 rings (SSSR count). The van der Waals surface area contributed by atoms with Crippen molar-refractivity contribution in [2.45, 2.75) is 13.0 Å². The average Bonchev–Trinajstić information content (AvgIpc) is 3.38. The number of amides is 2. The molecule has 0 atom stereocenters. The lowest BCUT2D eigenvalue weighted by molar-refractivity contribution is 0.0731. The molecule has 144 valence electrons. The fourth-order valence-corrected chi connectivity index (χ4v) is 3.53. The van der Waals surface area contributed by atoms with Crippen molar-refractivity contribution in [3.63, 3.8) is 0 Å². The number of carbonyl (C=O) groups is 2. The van der Waals surface area contributed by atoms with Crippen LogP contribution in [0, 0.1) is 0 Å². The second-order valence-electron chi connectivity index (χ2n) is 6.94. The fourth-order valence-electron chi connectivity index (χ4n) is 3.53. The van der Waals surface area contributed by atoms with E-state index in [2.05, 4.69) is 20.2 Å². The second kappa shape index (κ2) is 6.55. The highest BCUT2D eigenvalue weighted by Gasteiger charge is 2.25. The largest absolute Gasteiger partial charge is 0.366 e. The number of rotatable bonds is 3. The van der Waals surface area contributed by atoms with Gasteiger partial charge in [0.25, 0.3) is 5.91 Å². The standard InChI is InChI=1S/C20H17N7O2/c21-18(28)12-1-3-13(4-2-12)19-23-15-6-8-26(10-16(15)24-19)20(29)14-5-7-27-11-22-25-17(27)9-14/h1-5,7,9,11H,6,8,10H2,(H2,21,28)(H,23,24). The summed E-state index contributed by atoms with van der Waals surface area (Å²) in [7, 11) is 0. The minimum absolute atomic E-state index is 0.0527. The molecule has 0 saturated heterocycles. The number of hydrogen-bond donors (Lipinski definition) is 2. The van der Waals surface area contributed by atoms with E-state index in [1.54, 1.807) is 58.2 Å². The Morgan fingerprint density at radius 1 is 1.10 bits per heavy atom. The summed E-state index contributed by atoms with van der Waals surface area (Å²) < 4.78 is 1.76. The average molecular weight is 387 g/mol. The molecule has 0 fully saturated rings. The summed E-state index contributed by atoms with van der Waals surface area (Å²) >= 11 is 0. The zero-order chi connectivity index (χ0) is 20.0. The van der Waals surface area contributed by atoms with E-state index in [0.717, 1.165) is 17.0 Å². The minimum Gasteiger partial charge on any atom is -0.366 e. The van der Waals surface area contributed by atoms with Gasteiger partial charge >= 0.3 is 0 Å². The van der Waals surface area contributed by atoms with Gasteiger partial charge in [-0.15, -0.1) is 10.2 Å². The number of hydrogen-bond acceptors (Lipinski definition) is 5. The third-order valence-electron chi connectivity index (χ3n) is 5.11. The number of nitrogens with one attached hydrogen (secondary N) is 1. The van der Waals surface area contributed by atoms with Crippen molar-refractivity contribution >= 4 is 17.5 Å². The number of fused-ring (bicyclic) bond motifs is 2. The molecule has 29 heavy (non-hydrogen) atoms. The van der Waals surface area contributed by atoms with E-state index < -0.39 is 5.91 Å². The zero-order valence-corrected chi connectivity index (χ0v) is 15.4. The van der Waals surface area contributed by atoms with Crippen LogP contribution in [0.15, 0.2) is 48.9 Å². The molecule has 0 saturated carbocycles. The lowest BCUT2D eigenvalue weighted by atomic mass is 10.1. The van der Waals surface area contributed by atoms with Gasteiger partial charge in [0.05, 0.1) is 17.9 Å². The van der Waals surface area contributed by atoms with E-state index in [-0.39, 0.29) is 5.91 Å². The Bertz CT molecular complexity index is 1240. The van der Waals surface area contributed by atoms with E-state index in [1.165, 1.54) is 0 Å². The molecule has 3 N–H and O–H groups in total. The van der Waals surface area contributed by atoms with Gasteiger partial charge in [0.1, 0.15) is 12.2 Å². The number of aromatic nitrogens is 5. The first kappa shape index (κ1) is 17.1. The van der Waals surface area contributed by atoms with Crippen LogP contribution in [0.3, 0.4) is 0 Å². The van der Waals surface area contributed by atoms with E-state index in [1.807, 2.05) is 0 Å². The number of primary amides is 1. The molecule has 9 heteroatoms. The molecule has 1 aliphatic heterocycles. The number of nitrogens with two attached hydrogens (primary N) is 1. The molecular weight excluding hydrogens is 370 g/mol. The molecule has 3 aromatic heterocycles. The third-order valence-corrected chi connectivity index (χ3v) is 5.11. The Morgan fingerprint density at radius 2 is 1.93 bits per heavy atom. The van der Waals surface area contributed by atoms with Crippen molar-refractivity contribution < 1.29 is 9.59 Å². The summed E-state index contributed by atoms with van der Waals surface area (Å²) in [6.07, 6.45) is 4.05. The molecule has 4 heterocycles. The normalized spacial score (nSPS) is 13.4. The molecule has 1 aliphatic rings. The number of imidazole rings is 1. The number of pyridine rings is 1. The van der Waals surface area contributed by atoms with Crippen molar-refractivity contribution in [3.05, 3.63) is 71.4 Å². The molecule has 9 nitrogen and oxygen atoms in total. The van der Waals surface area contributed by atoms with Crippen molar-refractivity contribution in [1.29, 1.82) is 0 Å². The van der Waals surface area contributed by atoms with Gasteiger partial charge in [0.15, 0.2) is 5.65 Å². The summed E-state index contributed by atoms with van der Waals surface area (Å²) in [6.45, 7) is 1.05.